The lowest BCUT2D eigenvalue weighted by Gasteiger charge is -2.35. The van der Waals surface area contributed by atoms with E-state index >= 15 is 0 Å². The highest BCUT2D eigenvalue weighted by Crippen LogP contribution is 2.32. The van der Waals surface area contributed by atoms with Gasteiger partial charge in [-0.3, -0.25) is 9.69 Å². The van der Waals surface area contributed by atoms with Crippen LogP contribution in [0.4, 0.5) is 0 Å². The molecule has 0 aliphatic carbocycles. The van der Waals surface area contributed by atoms with Crippen molar-refractivity contribution in [3.05, 3.63) is 23.8 Å². The lowest BCUT2D eigenvalue weighted by atomic mass is 10.1. The second kappa shape index (κ2) is 8.27. The molecular formula is C20H29N3O3. The largest absolute Gasteiger partial charge is 0.454 e. The van der Waals surface area contributed by atoms with Crippen molar-refractivity contribution in [3.63, 3.8) is 0 Å². The van der Waals surface area contributed by atoms with Gasteiger partial charge in [0, 0.05) is 45.7 Å². The predicted molar refractivity (Wildman–Crippen MR) is 99.3 cm³/mol. The van der Waals surface area contributed by atoms with Crippen LogP contribution in [0.2, 0.25) is 0 Å². The molecule has 0 radical (unpaired) electrons. The van der Waals surface area contributed by atoms with Crippen LogP contribution in [0.5, 0.6) is 11.5 Å². The maximum Gasteiger partial charge on any atom is 0.231 e. The highest BCUT2D eigenvalue weighted by atomic mass is 16.7. The van der Waals surface area contributed by atoms with E-state index in [2.05, 4.69) is 21.9 Å². The number of benzene rings is 1. The van der Waals surface area contributed by atoms with E-state index in [1.165, 1.54) is 24.8 Å². The van der Waals surface area contributed by atoms with E-state index in [0.717, 1.165) is 63.9 Å². The van der Waals surface area contributed by atoms with E-state index in [1.54, 1.807) is 0 Å². The summed E-state index contributed by atoms with van der Waals surface area (Å²) in [6, 6.07) is 6.15. The fourth-order valence-corrected chi connectivity index (χ4v) is 4.05. The number of likely N-dealkylation sites (tertiary alicyclic amines) is 1. The Bertz CT molecular complexity index is 623. The first-order chi connectivity index (χ1) is 12.8. The summed E-state index contributed by atoms with van der Waals surface area (Å²) in [5.41, 5.74) is 1.24. The molecule has 1 amide bonds. The molecule has 3 aliphatic rings. The smallest absolute Gasteiger partial charge is 0.231 e. The number of rotatable bonds is 5. The number of piperazine rings is 1. The van der Waals surface area contributed by atoms with Crippen LogP contribution in [0.25, 0.3) is 0 Å². The predicted octanol–water partition coefficient (Wildman–Crippen LogP) is 1.94. The van der Waals surface area contributed by atoms with Gasteiger partial charge in [0.25, 0.3) is 0 Å². The molecule has 1 aromatic rings. The molecule has 0 saturated carbocycles. The molecule has 1 aromatic carbocycles. The summed E-state index contributed by atoms with van der Waals surface area (Å²) in [4.78, 5) is 19.4. The standard InChI is InChI=1S/C20H29N3O3/c24-20(6-9-21-7-2-1-3-8-21)23-12-10-22(11-13-23)15-17-4-5-18-19(14-17)26-16-25-18/h4-5,14H,1-3,6-13,15-16H2. The van der Waals surface area contributed by atoms with Crippen molar-refractivity contribution in [2.24, 2.45) is 0 Å². The first-order valence-corrected chi connectivity index (χ1v) is 9.89. The fourth-order valence-electron chi connectivity index (χ4n) is 4.05. The number of fused-ring (bicyclic) bond motifs is 1. The molecule has 0 aromatic heterocycles. The first kappa shape index (κ1) is 17.6. The molecule has 3 aliphatic heterocycles. The van der Waals surface area contributed by atoms with Crippen LogP contribution in [-0.4, -0.2) is 73.2 Å². The van der Waals surface area contributed by atoms with E-state index < -0.39 is 0 Å². The lowest BCUT2D eigenvalue weighted by Crippen LogP contribution is -2.48. The van der Waals surface area contributed by atoms with Crippen molar-refractivity contribution in [3.8, 4) is 11.5 Å². The molecule has 6 nitrogen and oxygen atoms in total. The number of amides is 1. The fraction of sp³-hybridized carbons (Fsp3) is 0.650. The van der Waals surface area contributed by atoms with E-state index in [0.29, 0.717) is 19.1 Å². The van der Waals surface area contributed by atoms with Crippen molar-refractivity contribution in [2.75, 3.05) is 52.6 Å². The van der Waals surface area contributed by atoms with Crippen molar-refractivity contribution < 1.29 is 14.3 Å². The Morgan fingerprint density at radius 2 is 1.65 bits per heavy atom. The molecule has 3 heterocycles. The molecule has 0 bridgehead atoms. The highest BCUT2D eigenvalue weighted by molar-refractivity contribution is 5.76. The molecule has 0 unspecified atom stereocenters. The second-order valence-corrected chi connectivity index (χ2v) is 7.50. The molecule has 26 heavy (non-hydrogen) atoms. The van der Waals surface area contributed by atoms with Crippen molar-refractivity contribution in [1.82, 2.24) is 14.7 Å². The SMILES string of the molecule is O=C(CCN1CCCCC1)N1CCN(Cc2ccc3c(c2)OCO3)CC1. The molecule has 0 atom stereocenters. The van der Waals surface area contributed by atoms with Gasteiger partial charge < -0.3 is 19.3 Å². The number of ether oxygens (including phenoxy) is 2. The number of carbonyl (C=O) groups excluding carboxylic acids is 1. The number of carbonyl (C=O) groups is 1. The van der Waals surface area contributed by atoms with Gasteiger partial charge in [-0.2, -0.15) is 0 Å². The Balaban J connectivity index is 1.20. The molecule has 142 valence electrons. The zero-order valence-corrected chi connectivity index (χ0v) is 15.5. The molecule has 2 fully saturated rings. The Morgan fingerprint density at radius 3 is 2.46 bits per heavy atom. The maximum absolute atomic E-state index is 12.5. The molecule has 0 N–H and O–H groups in total. The van der Waals surface area contributed by atoms with Gasteiger partial charge in [0.1, 0.15) is 0 Å². The highest BCUT2D eigenvalue weighted by Gasteiger charge is 2.22. The number of hydrogen-bond acceptors (Lipinski definition) is 5. The van der Waals surface area contributed by atoms with Crippen molar-refractivity contribution in [1.29, 1.82) is 0 Å². The normalized spacial score (nSPS) is 21.2. The molecule has 4 rings (SSSR count). The summed E-state index contributed by atoms with van der Waals surface area (Å²) in [6.07, 6.45) is 4.58. The van der Waals surface area contributed by atoms with Gasteiger partial charge in [0.2, 0.25) is 12.7 Å². The Labute approximate surface area is 155 Å². The minimum Gasteiger partial charge on any atom is -0.454 e. The quantitative estimate of drug-likeness (QED) is 0.804. The van der Waals surface area contributed by atoms with Gasteiger partial charge in [-0.25, -0.2) is 0 Å². The summed E-state index contributed by atoms with van der Waals surface area (Å²) in [7, 11) is 0. The van der Waals surface area contributed by atoms with Crippen molar-refractivity contribution >= 4 is 5.91 Å². The first-order valence-electron chi connectivity index (χ1n) is 9.89. The summed E-state index contributed by atoms with van der Waals surface area (Å²) in [5.74, 6) is 1.99. The molecule has 6 heteroatoms. The van der Waals surface area contributed by atoms with Gasteiger partial charge >= 0.3 is 0 Å². The van der Waals surface area contributed by atoms with Gasteiger partial charge in [0.15, 0.2) is 11.5 Å². The Kier molecular flexibility index (Phi) is 5.60. The summed E-state index contributed by atoms with van der Waals surface area (Å²) in [5, 5.41) is 0. The minimum atomic E-state index is 0.316. The third-order valence-corrected chi connectivity index (χ3v) is 5.66. The zero-order valence-electron chi connectivity index (χ0n) is 15.5. The molecule has 0 spiro atoms. The topological polar surface area (TPSA) is 45.3 Å². The van der Waals surface area contributed by atoms with Crippen LogP contribution < -0.4 is 9.47 Å². The number of piperidine rings is 1. The van der Waals surface area contributed by atoms with E-state index in [9.17, 15) is 4.79 Å². The van der Waals surface area contributed by atoms with Crippen LogP contribution in [0.1, 0.15) is 31.2 Å². The van der Waals surface area contributed by atoms with E-state index in [4.69, 9.17) is 9.47 Å². The van der Waals surface area contributed by atoms with Crippen LogP contribution in [0.3, 0.4) is 0 Å². The monoisotopic (exact) mass is 359 g/mol. The number of hydrogen-bond donors (Lipinski definition) is 0. The van der Waals surface area contributed by atoms with Crippen molar-refractivity contribution in [2.45, 2.75) is 32.2 Å². The third-order valence-electron chi connectivity index (χ3n) is 5.66. The van der Waals surface area contributed by atoms with Crippen LogP contribution in [0, 0.1) is 0 Å². The average molecular weight is 359 g/mol. The Hall–Kier alpha value is -1.79. The van der Waals surface area contributed by atoms with Crippen LogP contribution >= 0.6 is 0 Å². The lowest BCUT2D eigenvalue weighted by molar-refractivity contribution is -0.133. The van der Waals surface area contributed by atoms with Gasteiger partial charge in [-0.05, 0) is 43.6 Å². The summed E-state index contributed by atoms with van der Waals surface area (Å²) in [6.45, 7) is 8.01. The van der Waals surface area contributed by atoms with E-state index in [-0.39, 0.29) is 0 Å². The summed E-state index contributed by atoms with van der Waals surface area (Å²) >= 11 is 0. The second-order valence-electron chi connectivity index (χ2n) is 7.50. The van der Waals surface area contributed by atoms with Crippen LogP contribution in [-0.2, 0) is 11.3 Å². The Morgan fingerprint density at radius 1 is 0.885 bits per heavy atom. The van der Waals surface area contributed by atoms with Crippen LogP contribution in [0.15, 0.2) is 18.2 Å². The molecular weight excluding hydrogens is 330 g/mol. The average Bonchev–Trinajstić information content (AvgIpc) is 3.15. The zero-order chi connectivity index (χ0) is 17.8. The van der Waals surface area contributed by atoms with Gasteiger partial charge in [-0.15, -0.1) is 0 Å². The maximum atomic E-state index is 12.5. The van der Waals surface area contributed by atoms with Gasteiger partial charge in [-0.1, -0.05) is 12.5 Å². The number of nitrogens with zero attached hydrogens (tertiary/aromatic N) is 3. The minimum absolute atomic E-state index is 0.316. The third kappa shape index (κ3) is 4.30. The summed E-state index contributed by atoms with van der Waals surface area (Å²) < 4.78 is 10.8. The molecule has 2 saturated heterocycles. The van der Waals surface area contributed by atoms with E-state index in [1.807, 2.05) is 11.0 Å². The van der Waals surface area contributed by atoms with Gasteiger partial charge in [0.05, 0.1) is 0 Å².